The van der Waals surface area contributed by atoms with E-state index in [1.165, 1.54) is 82.9 Å². The van der Waals surface area contributed by atoms with Crippen LogP contribution in [-0.2, 0) is 0 Å². The zero-order valence-electron chi connectivity index (χ0n) is 27.7. The number of hydrogen-bond acceptors (Lipinski definition) is 1. The SMILES string of the molecule is c1ccc(-c2cc(-c3ccccc3)cc(-n3c4ccccc4c4cc5c6cccc7c6n(c5cc43)-c3ccccc3N7c3ccccc3)c2)cc1. The Balaban J connectivity index is 1.25. The van der Waals surface area contributed by atoms with Crippen LogP contribution in [0.5, 0.6) is 0 Å². The van der Waals surface area contributed by atoms with Gasteiger partial charge in [-0.3, -0.25) is 0 Å². The molecule has 0 amide bonds. The van der Waals surface area contributed by atoms with E-state index >= 15 is 0 Å². The lowest BCUT2D eigenvalue weighted by atomic mass is 9.98. The van der Waals surface area contributed by atoms with Gasteiger partial charge >= 0.3 is 0 Å². The first-order chi connectivity index (χ1) is 25.3. The third-order valence-electron chi connectivity index (χ3n) is 10.6. The predicted molar refractivity (Wildman–Crippen MR) is 214 cm³/mol. The minimum atomic E-state index is 1.15. The summed E-state index contributed by atoms with van der Waals surface area (Å²) < 4.78 is 4.96. The monoisotopic (exact) mass is 649 g/mol. The molecule has 0 atom stereocenters. The molecule has 0 N–H and O–H groups in total. The van der Waals surface area contributed by atoms with Gasteiger partial charge in [-0.2, -0.15) is 0 Å². The molecule has 3 heterocycles. The fraction of sp³-hybridized carbons (Fsp3) is 0. The fourth-order valence-corrected chi connectivity index (χ4v) is 8.38. The number of fused-ring (bicyclic) bond motifs is 8. The van der Waals surface area contributed by atoms with E-state index in [1.807, 2.05) is 0 Å². The Morgan fingerprint density at radius 3 is 1.55 bits per heavy atom. The van der Waals surface area contributed by atoms with Crippen LogP contribution in [0.3, 0.4) is 0 Å². The van der Waals surface area contributed by atoms with Crippen LogP contribution in [0.4, 0.5) is 17.1 Å². The maximum absolute atomic E-state index is 2.49. The summed E-state index contributed by atoms with van der Waals surface area (Å²) in [5, 5.41) is 5.02. The van der Waals surface area contributed by atoms with Crippen molar-refractivity contribution < 1.29 is 0 Å². The van der Waals surface area contributed by atoms with Crippen LogP contribution < -0.4 is 4.90 Å². The van der Waals surface area contributed by atoms with Crippen molar-refractivity contribution in [3.8, 4) is 33.6 Å². The van der Waals surface area contributed by atoms with E-state index in [-0.39, 0.29) is 0 Å². The van der Waals surface area contributed by atoms with Crippen LogP contribution in [0.15, 0.2) is 188 Å². The molecule has 0 bridgehead atoms. The van der Waals surface area contributed by atoms with Gasteiger partial charge in [0.1, 0.15) is 0 Å². The van der Waals surface area contributed by atoms with Gasteiger partial charge in [0.25, 0.3) is 0 Å². The van der Waals surface area contributed by atoms with Gasteiger partial charge in [-0.25, -0.2) is 0 Å². The van der Waals surface area contributed by atoms with Crippen molar-refractivity contribution >= 4 is 60.7 Å². The second-order valence-corrected chi connectivity index (χ2v) is 13.4. The Bertz CT molecular complexity index is 2900. The van der Waals surface area contributed by atoms with E-state index in [4.69, 9.17) is 0 Å². The van der Waals surface area contributed by atoms with Gasteiger partial charge in [-0.1, -0.05) is 121 Å². The van der Waals surface area contributed by atoms with Gasteiger partial charge in [0, 0.05) is 32.9 Å². The number of anilines is 3. The predicted octanol–water partition coefficient (Wildman–Crippen LogP) is 13.0. The molecule has 238 valence electrons. The molecular formula is C48H31N3. The van der Waals surface area contributed by atoms with Crippen molar-refractivity contribution in [2.45, 2.75) is 0 Å². The molecular weight excluding hydrogens is 619 g/mol. The van der Waals surface area contributed by atoms with Crippen LogP contribution in [0.1, 0.15) is 0 Å². The third kappa shape index (κ3) is 4.12. The first kappa shape index (κ1) is 28.0. The van der Waals surface area contributed by atoms with Gasteiger partial charge in [0.15, 0.2) is 0 Å². The summed E-state index contributed by atoms with van der Waals surface area (Å²) in [7, 11) is 0. The largest absolute Gasteiger partial charge is 0.309 e. The Hall–Kier alpha value is -6.84. The Labute approximate surface area is 295 Å². The van der Waals surface area contributed by atoms with Crippen molar-refractivity contribution in [3.05, 3.63) is 188 Å². The van der Waals surface area contributed by atoms with E-state index in [0.717, 1.165) is 11.4 Å². The van der Waals surface area contributed by atoms with Gasteiger partial charge in [0.05, 0.1) is 39.1 Å². The van der Waals surface area contributed by atoms with Crippen LogP contribution >= 0.6 is 0 Å². The van der Waals surface area contributed by atoms with Gasteiger partial charge in [-0.15, -0.1) is 0 Å². The number of rotatable bonds is 4. The average Bonchev–Trinajstić information content (AvgIpc) is 3.71. The summed E-state index contributed by atoms with van der Waals surface area (Å²) in [5.41, 5.74) is 15.5. The zero-order valence-corrected chi connectivity index (χ0v) is 27.7. The molecule has 1 aliphatic rings. The van der Waals surface area contributed by atoms with Crippen molar-refractivity contribution in [2.75, 3.05) is 4.90 Å². The van der Waals surface area contributed by atoms with Crippen LogP contribution in [0.2, 0.25) is 0 Å². The molecule has 0 spiro atoms. The molecule has 1 aliphatic heterocycles. The van der Waals surface area contributed by atoms with Gasteiger partial charge < -0.3 is 14.0 Å². The first-order valence-electron chi connectivity index (χ1n) is 17.5. The highest BCUT2D eigenvalue weighted by Gasteiger charge is 2.29. The summed E-state index contributed by atoms with van der Waals surface area (Å²) in [6.07, 6.45) is 0. The highest BCUT2D eigenvalue weighted by Crippen LogP contribution is 2.50. The highest BCUT2D eigenvalue weighted by atomic mass is 15.2. The molecule has 3 nitrogen and oxygen atoms in total. The molecule has 3 heteroatoms. The zero-order chi connectivity index (χ0) is 33.5. The molecule has 0 unspecified atom stereocenters. The summed E-state index contributed by atoms with van der Waals surface area (Å²) in [4.78, 5) is 2.41. The van der Waals surface area contributed by atoms with E-state index in [2.05, 4.69) is 202 Å². The van der Waals surface area contributed by atoms with E-state index < -0.39 is 0 Å². The van der Waals surface area contributed by atoms with Crippen LogP contribution in [0, 0.1) is 0 Å². The Morgan fingerprint density at radius 2 is 0.824 bits per heavy atom. The molecule has 11 rings (SSSR count). The molecule has 0 fully saturated rings. The standard InChI is InChI=1S/C48H31N3/c1-4-15-32(16-5-1)34-27-35(33-17-6-2-7-18-33)29-37(28-34)50-42-23-11-10-21-38(42)40-30-41-39-22-14-26-45-48(39)51(47(41)31-46(40)50)44-25-13-12-24-43(44)49(45)36-19-8-3-9-20-36/h1-31H. The second kappa shape index (κ2) is 10.8. The second-order valence-electron chi connectivity index (χ2n) is 13.4. The molecule has 51 heavy (non-hydrogen) atoms. The average molecular weight is 650 g/mol. The lowest BCUT2D eigenvalue weighted by Crippen LogP contribution is -2.17. The Kier molecular flexibility index (Phi) is 5.96. The normalized spacial score (nSPS) is 12.3. The van der Waals surface area contributed by atoms with Crippen molar-refractivity contribution in [3.63, 3.8) is 0 Å². The summed E-state index contributed by atoms with van der Waals surface area (Å²) in [5.74, 6) is 0. The van der Waals surface area contributed by atoms with E-state index in [1.54, 1.807) is 0 Å². The number of hydrogen-bond donors (Lipinski definition) is 0. The highest BCUT2D eigenvalue weighted by molar-refractivity contribution is 6.22. The van der Waals surface area contributed by atoms with E-state index in [9.17, 15) is 0 Å². The maximum atomic E-state index is 2.49. The van der Waals surface area contributed by atoms with Gasteiger partial charge in [0.2, 0.25) is 0 Å². The molecule has 0 saturated heterocycles. The van der Waals surface area contributed by atoms with Gasteiger partial charge in [-0.05, 0) is 89.0 Å². The molecule has 0 aliphatic carbocycles. The molecule has 2 aromatic heterocycles. The third-order valence-corrected chi connectivity index (χ3v) is 10.6. The summed E-state index contributed by atoms with van der Waals surface area (Å²) in [6.45, 7) is 0. The minimum Gasteiger partial charge on any atom is -0.309 e. The number of aromatic nitrogens is 2. The molecule has 0 saturated carbocycles. The topological polar surface area (TPSA) is 13.1 Å². The first-order valence-corrected chi connectivity index (χ1v) is 17.5. The fourth-order valence-electron chi connectivity index (χ4n) is 8.38. The molecule has 10 aromatic rings. The Morgan fingerprint density at radius 1 is 0.275 bits per heavy atom. The van der Waals surface area contributed by atoms with E-state index in [0.29, 0.717) is 0 Å². The number of benzene rings is 8. The minimum absolute atomic E-state index is 1.15. The van der Waals surface area contributed by atoms with Crippen LogP contribution in [0.25, 0.3) is 77.2 Å². The summed E-state index contributed by atoms with van der Waals surface area (Å²) in [6, 6.07) is 68.5. The lowest BCUT2D eigenvalue weighted by molar-refractivity contribution is 1.11. The smallest absolute Gasteiger partial charge is 0.0783 e. The number of nitrogens with zero attached hydrogens (tertiary/aromatic N) is 3. The lowest BCUT2D eigenvalue weighted by Gasteiger charge is -2.33. The number of para-hydroxylation sites is 5. The quantitative estimate of drug-likeness (QED) is 0.185. The molecule has 0 radical (unpaired) electrons. The molecule has 8 aromatic carbocycles. The van der Waals surface area contributed by atoms with Crippen LogP contribution in [-0.4, -0.2) is 9.13 Å². The van der Waals surface area contributed by atoms with Crippen molar-refractivity contribution in [1.29, 1.82) is 0 Å². The van der Waals surface area contributed by atoms with Crippen molar-refractivity contribution in [2.24, 2.45) is 0 Å². The summed E-state index contributed by atoms with van der Waals surface area (Å²) >= 11 is 0. The maximum Gasteiger partial charge on any atom is 0.0783 e. The van der Waals surface area contributed by atoms with Crippen molar-refractivity contribution in [1.82, 2.24) is 9.13 Å².